The van der Waals surface area contributed by atoms with Crippen molar-refractivity contribution < 1.29 is 28.2 Å². The van der Waals surface area contributed by atoms with Crippen LogP contribution in [0.5, 0.6) is 11.8 Å². The number of aromatic nitrogens is 3. The maximum Gasteiger partial charge on any atom is 0.319 e. The topological polar surface area (TPSA) is 145 Å². The van der Waals surface area contributed by atoms with Crippen molar-refractivity contribution in [2.24, 2.45) is 5.92 Å². The predicted molar refractivity (Wildman–Crippen MR) is 212 cm³/mol. The number of rotatable bonds is 9. The normalized spacial score (nSPS) is 21.5. The minimum absolute atomic E-state index is 0.0224. The second kappa shape index (κ2) is 15.2. The van der Waals surface area contributed by atoms with Gasteiger partial charge in [0.2, 0.25) is 11.8 Å². The highest BCUT2D eigenvalue weighted by molar-refractivity contribution is 6.03. The number of hydrogen-bond donors (Lipinski definition) is 4. The summed E-state index contributed by atoms with van der Waals surface area (Å²) in [7, 11) is 0. The molecule has 0 radical (unpaired) electrons. The SMILES string of the molecule is C#Cc1c(F)ccc2cc(O)cc(-c3ncc4c(N5C[C@H]6CC[C@@H](C5)N6)nc(OCC5CCN(Cc6ccc(NC7CCC(=O)NC7=O)cc6)CC5)nc4c3F)c12. The van der Waals surface area contributed by atoms with Gasteiger partial charge in [0, 0.05) is 61.0 Å². The van der Waals surface area contributed by atoms with Crippen molar-refractivity contribution in [3.63, 3.8) is 0 Å². The second-order valence-corrected chi connectivity index (χ2v) is 15.6. The lowest BCUT2D eigenvalue weighted by Crippen LogP contribution is -2.51. The van der Waals surface area contributed by atoms with Crippen LogP contribution in [-0.2, 0) is 16.1 Å². The summed E-state index contributed by atoms with van der Waals surface area (Å²) in [5.41, 5.74) is 2.01. The third-order valence-electron chi connectivity index (χ3n) is 11.7. The zero-order chi connectivity index (χ0) is 39.2. The van der Waals surface area contributed by atoms with Gasteiger partial charge in [-0.15, -0.1) is 6.42 Å². The van der Waals surface area contributed by atoms with Gasteiger partial charge >= 0.3 is 6.01 Å². The molecule has 4 N–H and O–H groups in total. The molecule has 57 heavy (non-hydrogen) atoms. The Morgan fingerprint density at radius 2 is 1.75 bits per heavy atom. The van der Waals surface area contributed by atoms with Crippen LogP contribution in [0.4, 0.5) is 20.3 Å². The number of likely N-dealkylation sites (tertiary alicyclic amines) is 1. The molecule has 0 saturated carbocycles. The number of phenolic OH excluding ortho intramolecular Hbond substituents is 1. The number of terminal acetylenes is 1. The smallest absolute Gasteiger partial charge is 0.319 e. The Labute approximate surface area is 328 Å². The van der Waals surface area contributed by atoms with Gasteiger partial charge in [0.1, 0.15) is 34.6 Å². The van der Waals surface area contributed by atoms with Crippen LogP contribution in [0.2, 0.25) is 0 Å². The van der Waals surface area contributed by atoms with Crippen LogP contribution in [0.15, 0.2) is 54.7 Å². The van der Waals surface area contributed by atoms with Gasteiger partial charge in [-0.05, 0) is 92.4 Å². The average Bonchev–Trinajstić information content (AvgIpc) is 3.55. The first kappa shape index (κ1) is 36.7. The van der Waals surface area contributed by atoms with Gasteiger partial charge in [0.25, 0.3) is 0 Å². The number of halogens is 2. The summed E-state index contributed by atoms with van der Waals surface area (Å²) in [4.78, 5) is 42.2. The van der Waals surface area contributed by atoms with E-state index in [9.17, 15) is 19.1 Å². The van der Waals surface area contributed by atoms with Crippen LogP contribution in [-0.4, -0.2) is 87.7 Å². The van der Waals surface area contributed by atoms with E-state index in [1.54, 1.807) is 6.20 Å². The molecular formula is C43H42F2N8O4. The number of fused-ring (bicyclic) bond motifs is 4. The van der Waals surface area contributed by atoms with Gasteiger partial charge in [-0.1, -0.05) is 24.1 Å². The molecule has 2 bridgehead atoms. The van der Waals surface area contributed by atoms with E-state index in [0.29, 0.717) is 61.2 Å². The molecule has 292 valence electrons. The number of amides is 2. The number of hydrogen-bond acceptors (Lipinski definition) is 11. The third-order valence-corrected chi connectivity index (χ3v) is 11.7. The minimum Gasteiger partial charge on any atom is -0.508 e. The molecule has 9 rings (SSSR count). The van der Waals surface area contributed by atoms with Crippen molar-refractivity contribution in [3.8, 4) is 35.4 Å². The largest absolute Gasteiger partial charge is 0.508 e. The molecule has 4 aliphatic rings. The molecule has 0 spiro atoms. The fourth-order valence-electron chi connectivity index (χ4n) is 8.74. The van der Waals surface area contributed by atoms with Gasteiger partial charge in [0.05, 0.1) is 17.6 Å². The highest BCUT2D eigenvalue weighted by Crippen LogP contribution is 2.39. The molecule has 0 aliphatic carbocycles. The first-order valence-electron chi connectivity index (χ1n) is 19.5. The Morgan fingerprint density at radius 3 is 2.49 bits per heavy atom. The average molecular weight is 773 g/mol. The van der Waals surface area contributed by atoms with Crippen molar-refractivity contribution in [2.75, 3.05) is 43.0 Å². The van der Waals surface area contributed by atoms with Gasteiger partial charge < -0.3 is 25.4 Å². The van der Waals surface area contributed by atoms with E-state index >= 15 is 4.39 Å². The standard InChI is InChI=1S/C43H42F2N8O4/c1-2-31-34(44)10-5-26-17-30(54)18-32(37(26)31)39-38(45)40-33(19-46-39)41(53-21-28-8-9-29(22-53)47-28)51-43(50-40)57-23-25-13-15-52(16-14-25)20-24-3-6-27(7-4-24)48-35-11-12-36(55)49-42(35)56/h1,3-7,10,17-19,25,28-29,35,47-48,54H,8-9,11-16,20-23H2,(H,49,55,56)/t28-,29+,35?. The van der Waals surface area contributed by atoms with Gasteiger partial charge in [-0.25, -0.2) is 8.78 Å². The minimum atomic E-state index is -0.744. The highest BCUT2D eigenvalue weighted by Gasteiger charge is 2.35. The highest BCUT2D eigenvalue weighted by atomic mass is 19.1. The van der Waals surface area contributed by atoms with Crippen LogP contribution in [0.3, 0.4) is 0 Å². The number of phenols is 1. The van der Waals surface area contributed by atoms with E-state index in [4.69, 9.17) is 16.1 Å². The number of imide groups is 1. The van der Waals surface area contributed by atoms with Crippen LogP contribution in [0.25, 0.3) is 32.9 Å². The zero-order valence-electron chi connectivity index (χ0n) is 31.2. The Balaban J connectivity index is 0.925. The molecule has 5 aromatic rings. The van der Waals surface area contributed by atoms with E-state index in [2.05, 4.69) is 53.8 Å². The summed E-state index contributed by atoms with van der Waals surface area (Å²) in [6.07, 6.45) is 12.0. The first-order valence-corrected chi connectivity index (χ1v) is 19.5. The Morgan fingerprint density at radius 1 is 0.982 bits per heavy atom. The molecule has 3 aromatic carbocycles. The summed E-state index contributed by atoms with van der Waals surface area (Å²) >= 11 is 0. The number of ether oxygens (including phenoxy) is 1. The third kappa shape index (κ3) is 7.40. The van der Waals surface area contributed by atoms with E-state index in [1.807, 2.05) is 12.1 Å². The predicted octanol–water partition coefficient (Wildman–Crippen LogP) is 5.26. The van der Waals surface area contributed by atoms with E-state index in [-0.39, 0.29) is 57.2 Å². The molecule has 2 aromatic heterocycles. The summed E-state index contributed by atoms with van der Waals surface area (Å²) in [5, 5.41) is 21.0. The molecule has 4 fully saturated rings. The summed E-state index contributed by atoms with van der Waals surface area (Å²) in [6.45, 7) is 4.30. The number of benzene rings is 3. The Bertz CT molecular complexity index is 2420. The van der Waals surface area contributed by atoms with Crippen LogP contribution in [0, 0.1) is 29.9 Å². The number of aromatic hydroxyl groups is 1. The number of nitrogens with zero attached hydrogens (tertiary/aromatic N) is 5. The van der Waals surface area contributed by atoms with Crippen molar-refractivity contribution in [1.29, 1.82) is 0 Å². The number of piperazine rings is 1. The number of carbonyl (C=O) groups is 2. The first-order chi connectivity index (χ1) is 27.7. The van der Waals surface area contributed by atoms with Gasteiger partial charge in [-0.2, -0.15) is 9.97 Å². The Kier molecular flexibility index (Phi) is 9.80. The van der Waals surface area contributed by atoms with E-state index in [1.165, 1.54) is 24.3 Å². The lowest BCUT2D eigenvalue weighted by Gasteiger charge is -2.34. The molecular weight excluding hydrogens is 731 g/mol. The number of nitrogens with one attached hydrogen (secondary N) is 3. The quantitative estimate of drug-likeness (QED) is 0.115. The van der Waals surface area contributed by atoms with E-state index in [0.717, 1.165) is 56.6 Å². The fraction of sp³-hybridized carbons (Fsp3) is 0.372. The number of pyridine rings is 1. The molecule has 6 heterocycles. The monoisotopic (exact) mass is 772 g/mol. The molecule has 14 heteroatoms. The maximum absolute atomic E-state index is 16.9. The van der Waals surface area contributed by atoms with Crippen LogP contribution >= 0.6 is 0 Å². The lowest BCUT2D eigenvalue weighted by atomic mass is 9.96. The van der Waals surface area contributed by atoms with Crippen LogP contribution in [0.1, 0.15) is 49.7 Å². The van der Waals surface area contributed by atoms with Crippen molar-refractivity contribution >= 4 is 45.0 Å². The summed E-state index contributed by atoms with van der Waals surface area (Å²) in [6, 6.07) is 13.8. The molecule has 3 atom stereocenters. The molecule has 1 unspecified atom stereocenters. The number of piperidine rings is 2. The molecule has 4 saturated heterocycles. The summed E-state index contributed by atoms with van der Waals surface area (Å²) < 4.78 is 38.1. The maximum atomic E-state index is 16.9. The van der Waals surface area contributed by atoms with Crippen molar-refractivity contribution in [2.45, 2.75) is 63.2 Å². The van der Waals surface area contributed by atoms with E-state index < -0.39 is 17.7 Å². The van der Waals surface area contributed by atoms with Gasteiger partial charge in [-0.3, -0.25) is 24.8 Å². The van der Waals surface area contributed by atoms with Crippen molar-refractivity contribution in [1.82, 2.24) is 30.5 Å². The molecule has 12 nitrogen and oxygen atoms in total. The van der Waals surface area contributed by atoms with Crippen molar-refractivity contribution in [3.05, 3.63) is 77.5 Å². The summed E-state index contributed by atoms with van der Waals surface area (Å²) in [5.74, 6) is 1.14. The number of carbonyl (C=O) groups excluding carboxylic acids is 2. The Hall–Kier alpha value is -5.91. The molecule has 2 amide bonds. The number of anilines is 2. The van der Waals surface area contributed by atoms with Gasteiger partial charge in [0.15, 0.2) is 5.82 Å². The van der Waals surface area contributed by atoms with Crippen LogP contribution < -0.4 is 25.6 Å². The second-order valence-electron chi connectivity index (χ2n) is 15.6. The lowest BCUT2D eigenvalue weighted by molar-refractivity contribution is -0.133. The zero-order valence-corrected chi connectivity index (χ0v) is 31.2. The molecule has 4 aliphatic heterocycles. The fourth-order valence-corrected chi connectivity index (χ4v) is 8.74.